The van der Waals surface area contributed by atoms with Gasteiger partial charge in [0.05, 0.1) is 28.8 Å². The fourth-order valence-corrected chi connectivity index (χ4v) is 2.79. The van der Waals surface area contributed by atoms with Crippen LogP contribution in [0, 0.1) is 10.1 Å². The summed E-state index contributed by atoms with van der Waals surface area (Å²) in [6.45, 7) is 2.40. The summed E-state index contributed by atoms with van der Waals surface area (Å²) in [4.78, 5) is 23.2. The van der Waals surface area contributed by atoms with Crippen LogP contribution in [0.4, 0.5) is 11.4 Å². The molecule has 1 aromatic heterocycles. The number of rotatable bonds is 7. The zero-order chi connectivity index (χ0) is 21.0. The van der Waals surface area contributed by atoms with Gasteiger partial charge in [0.1, 0.15) is 5.75 Å². The first kappa shape index (κ1) is 20.2. The Bertz CT molecular complexity index is 1070. The van der Waals surface area contributed by atoms with E-state index in [1.165, 1.54) is 36.2 Å². The van der Waals surface area contributed by atoms with Gasteiger partial charge >= 0.3 is 0 Å². The number of anilines is 1. The fourth-order valence-electron chi connectivity index (χ4n) is 2.55. The van der Waals surface area contributed by atoms with Gasteiger partial charge in [-0.15, -0.1) is 0 Å². The molecule has 0 saturated heterocycles. The van der Waals surface area contributed by atoms with Gasteiger partial charge < -0.3 is 14.8 Å². The maximum Gasteiger partial charge on any atom is 0.277 e. The summed E-state index contributed by atoms with van der Waals surface area (Å²) in [6, 6.07) is 10.8. The van der Waals surface area contributed by atoms with Crippen molar-refractivity contribution < 1.29 is 19.2 Å². The Kier molecular flexibility index (Phi) is 5.99. The lowest BCUT2D eigenvalue weighted by Crippen LogP contribution is -2.14. The minimum atomic E-state index is -0.592. The average molecular weight is 417 g/mol. The second-order valence-electron chi connectivity index (χ2n) is 5.86. The van der Waals surface area contributed by atoms with Crippen molar-refractivity contribution >= 4 is 28.9 Å². The molecule has 0 radical (unpaired) electrons. The third kappa shape index (κ3) is 4.64. The quantitative estimate of drug-likeness (QED) is 0.448. The van der Waals surface area contributed by atoms with E-state index in [1.807, 2.05) is 6.92 Å². The van der Waals surface area contributed by atoms with E-state index in [1.54, 1.807) is 24.3 Å². The van der Waals surface area contributed by atoms with Gasteiger partial charge in [-0.05, 0) is 19.1 Å². The minimum absolute atomic E-state index is 0.0206. The van der Waals surface area contributed by atoms with Gasteiger partial charge in [-0.3, -0.25) is 19.6 Å². The standard InChI is InChI=1S/C19H17ClN4O5/c1-3-23-11-15(20)18(22-23)19(25)21-12-8-13(24(26)27)10-14(9-12)29-17-7-5-4-6-16(17)28-2/h4-11H,3H2,1-2H3,(H,21,25). The number of halogens is 1. The van der Waals surface area contributed by atoms with E-state index in [0.29, 0.717) is 18.0 Å². The molecule has 3 rings (SSSR count). The van der Waals surface area contributed by atoms with Crippen LogP contribution in [0.5, 0.6) is 17.2 Å². The molecule has 0 unspecified atom stereocenters. The first-order valence-electron chi connectivity index (χ1n) is 8.56. The molecule has 0 aliphatic heterocycles. The van der Waals surface area contributed by atoms with Crippen LogP contribution in [0.2, 0.25) is 5.02 Å². The molecule has 2 aromatic carbocycles. The second kappa shape index (κ2) is 8.61. The summed E-state index contributed by atoms with van der Waals surface area (Å²) in [5, 5.41) is 18.1. The van der Waals surface area contributed by atoms with Crippen LogP contribution in [0.15, 0.2) is 48.7 Å². The molecule has 0 saturated carbocycles. The predicted molar refractivity (Wildman–Crippen MR) is 107 cm³/mol. The van der Waals surface area contributed by atoms with Crippen molar-refractivity contribution in [2.75, 3.05) is 12.4 Å². The minimum Gasteiger partial charge on any atom is -0.493 e. The fraction of sp³-hybridized carbons (Fsp3) is 0.158. The monoisotopic (exact) mass is 416 g/mol. The summed E-state index contributed by atoms with van der Waals surface area (Å²) in [7, 11) is 1.49. The van der Waals surface area contributed by atoms with Gasteiger partial charge in [0.25, 0.3) is 11.6 Å². The summed E-state index contributed by atoms with van der Waals surface area (Å²) in [6.07, 6.45) is 1.53. The molecular formula is C19H17ClN4O5. The number of benzene rings is 2. The Balaban J connectivity index is 1.91. The molecule has 3 aromatic rings. The first-order chi connectivity index (χ1) is 13.9. The van der Waals surface area contributed by atoms with E-state index in [0.717, 1.165) is 0 Å². The zero-order valence-corrected chi connectivity index (χ0v) is 16.3. The van der Waals surface area contributed by atoms with E-state index >= 15 is 0 Å². The molecule has 29 heavy (non-hydrogen) atoms. The number of carbonyl (C=O) groups is 1. The number of aryl methyl sites for hydroxylation is 1. The molecule has 9 nitrogen and oxygen atoms in total. The number of para-hydroxylation sites is 2. The number of carbonyl (C=O) groups excluding carboxylic acids is 1. The number of nitro benzene ring substituents is 1. The van der Waals surface area contributed by atoms with Gasteiger partial charge in [-0.25, -0.2) is 0 Å². The Morgan fingerprint density at radius 2 is 2.00 bits per heavy atom. The lowest BCUT2D eigenvalue weighted by atomic mass is 10.2. The molecule has 1 heterocycles. The molecule has 0 atom stereocenters. The van der Waals surface area contributed by atoms with E-state index in [9.17, 15) is 14.9 Å². The summed E-state index contributed by atoms with van der Waals surface area (Å²) in [5.41, 5.74) is -0.0682. The highest BCUT2D eigenvalue weighted by atomic mass is 35.5. The van der Waals surface area contributed by atoms with Gasteiger partial charge in [0.2, 0.25) is 0 Å². The smallest absolute Gasteiger partial charge is 0.277 e. The molecule has 150 valence electrons. The van der Waals surface area contributed by atoms with Gasteiger partial charge in [-0.2, -0.15) is 5.10 Å². The van der Waals surface area contributed by atoms with Crippen LogP contribution in [-0.4, -0.2) is 27.7 Å². The first-order valence-corrected chi connectivity index (χ1v) is 8.93. The maximum atomic E-state index is 12.5. The van der Waals surface area contributed by atoms with Crippen molar-refractivity contribution in [3.05, 3.63) is 69.5 Å². The summed E-state index contributed by atoms with van der Waals surface area (Å²) < 4.78 is 12.5. The third-order valence-corrected chi connectivity index (χ3v) is 4.19. The van der Waals surface area contributed by atoms with Gasteiger partial charge in [-0.1, -0.05) is 23.7 Å². The Morgan fingerprint density at radius 3 is 2.62 bits per heavy atom. The van der Waals surface area contributed by atoms with E-state index in [4.69, 9.17) is 21.1 Å². The number of nitrogens with one attached hydrogen (secondary N) is 1. The van der Waals surface area contributed by atoms with Crippen molar-refractivity contribution in [2.24, 2.45) is 0 Å². The molecule has 0 aliphatic rings. The van der Waals surface area contributed by atoms with Crippen molar-refractivity contribution in [3.63, 3.8) is 0 Å². The Hall–Kier alpha value is -3.59. The predicted octanol–water partition coefficient (Wildman–Crippen LogP) is 4.52. The van der Waals surface area contributed by atoms with Gasteiger partial charge in [0.15, 0.2) is 17.2 Å². The molecule has 10 heteroatoms. The number of hydrogen-bond donors (Lipinski definition) is 1. The van der Waals surface area contributed by atoms with Crippen LogP contribution in [0.3, 0.4) is 0 Å². The van der Waals surface area contributed by atoms with Crippen LogP contribution >= 0.6 is 11.6 Å². The van der Waals surface area contributed by atoms with Crippen molar-refractivity contribution in [2.45, 2.75) is 13.5 Å². The Morgan fingerprint density at radius 1 is 1.28 bits per heavy atom. The highest BCUT2D eigenvalue weighted by molar-refractivity contribution is 6.34. The number of nitrogens with zero attached hydrogens (tertiary/aromatic N) is 3. The van der Waals surface area contributed by atoms with E-state index in [-0.39, 0.29) is 27.8 Å². The highest BCUT2D eigenvalue weighted by Crippen LogP contribution is 2.34. The molecule has 1 amide bonds. The number of nitro groups is 1. The highest BCUT2D eigenvalue weighted by Gasteiger charge is 2.18. The van der Waals surface area contributed by atoms with E-state index in [2.05, 4.69) is 10.4 Å². The van der Waals surface area contributed by atoms with Crippen molar-refractivity contribution in [1.29, 1.82) is 0 Å². The number of aromatic nitrogens is 2. The lowest BCUT2D eigenvalue weighted by Gasteiger charge is -2.11. The van der Waals surface area contributed by atoms with Crippen LogP contribution < -0.4 is 14.8 Å². The molecule has 0 aliphatic carbocycles. The normalized spacial score (nSPS) is 10.4. The average Bonchev–Trinajstić information content (AvgIpc) is 3.09. The number of ether oxygens (including phenoxy) is 2. The third-order valence-electron chi connectivity index (χ3n) is 3.91. The number of hydrogen-bond acceptors (Lipinski definition) is 6. The Labute approximate surface area is 171 Å². The number of amides is 1. The largest absolute Gasteiger partial charge is 0.493 e. The van der Waals surface area contributed by atoms with Crippen LogP contribution in [0.25, 0.3) is 0 Å². The summed E-state index contributed by atoms with van der Waals surface area (Å²) >= 11 is 6.05. The zero-order valence-electron chi connectivity index (χ0n) is 15.6. The molecule has 1 N–H and O–H groups in total. The van der Waals surface area contributed by atoms with Crippen LogP contribution in [0.1, 0.15) is 17.4 Å². The number of methoxy groups -OCH3 is 1. The van der Waals surface area contributed by atoms with E-state index < -0.39 is 10.8 Å². The molecule has 0 spiro atoms. The molecule has 0 bridgehead atoms. The van der Waals surface area contributed by atoms with Crippen molar-refractivity contribution in [3.8, 4) is 17.2 Å². The topological polar surface area (TPSA) is 109 Å². The second-order valence-corrected chi connectivity index (χ2v) is 6.27. The van der Waals surface area contributed by atoms with Gasteiger partial charge in [0, 0.05) is 24.9 Å². The van der Waals surface area contributed by atoms with Crippen molar-refractivity contribution in [1.82, 2.24) is 9.78 Å². The maximum absolute atomic E-state index is 12.5. The number of non-ortho nitro benzene ring substituents is 1. The SMILES string of the molecule is CCn1cc(Cl)c(C(=O)Nc2cc(Oc3ccccc3OC)cc([N+](=O)[O-])c2)n1. The molecule has 0 fully saturated rings. The summed E-state index contributed by atoms with van der Waals surface area (Å²) in [5.74, 6) is 0.397. The molecular weight excluding hydrogens is 400 g/mol. The lowest BCUT2D eigenvalue weighted by molar-refractivity contribution is -0.384. The van der Waals surface area contributed by atoms with Crippen LogP contribution in [-0.2, 0) is 6.54 Å².